The van der Waals surface area contributed by atoms with Crippen LogP contribution >= 0.6 is 11.3 Å². The van der Waals surface area contributed by atoms with Crippen LogP contribution in [0.15, 0.2) is 35.0 Å². The van der Waals surface area contributed by atoms with Crippen LogP contribution < -0.4 is 5.32 Å². The summed E-state index contributed by atoms with van der Waals surface area (Å²) in [6.45, 7) is -0.00408. The molecular weight excluding hydrogens is 269 g/mol. The van der Waals surface area contributed by atoms with E-state index in [1.54, 1.807) is 11.4 Å². The van der Waals surface area contributed by atoms with Crippen LogP contribution in [0.2, 0.25) is 0 Å². The van der Waals surface area contributed by atoms with Crippen LogP contribution in [0.3, 0.4) is 0 Å². The molecular formula is C13H12FNO3S. The van der Waals surface area contributed by atoms with Gasteiger partial charge in [0.1, 0.15) is 11.6 Å². The molecule has 100 valence electrons. The Bertz CT molecular complexity index is 571. The third-order valence-corrected chi connectivity index (χ3v) is 3.28. The molecule has 19 heavy (non-hydrogen) atoms. The molecule has 1 atom stereocenters. The molecule has 6 heteroatoms. The molecule has 1 aromatic heterocycles. The van der Waals surface area contributed by atoms with Gasteiger partial charge in [0.25, 0.3) is 5.91 Å². The highest BCUT2D eigenvalue weighted by Gasteiger charge is 2.14. The standard InChI is InChI=1S/C13H12FNO3S/c14-11-5-9(16)1-2-10(11)13(18)15-6-12(17)8-3-4-19-7-8/h1-5,7,12,16-17H,6H2,(H,15,18). The van der Waals surface area contributed by atoms with E-state index in [0.29, 0.717) is 5.56 Å². The Kier molecular flexibility index (Phi) is 4.13. The van der Waals surface area contributed by atoms with Gasteiger partial charge in [0.15, 0.2) is 0 Å². The summed E-state index contributed by atoms with van der Waals surface area (Å²) in [6.07, 6.45) is -0.824. The van der Waals surface area contributed by atoms with Crippen LogP contribution in [-0.2, 0) is 0 Å². The minimum atomic E-state index is -0.824. The predicted molar refractivity (Wildman–Crippen MR) is 69.7 cm³/mol. The number of hydrogen-bond acceptors (Lipinski definition) is 4. The second kappa shape index (κ2) is 5.81. The second-order valence-electron chi connectivity index (χ2n) is 3.95. The van der Waals surface area contributed by atoms with E-state index >= 15 is 0 Å². The fourth-order valence-electron chi connectivity index (χ4n) is 1.56. The number of rotatable bonds is 4. The Morgan fingerprint density at radius 2 is 2.21 bits per heavy atom. The van der Waals surface area contributed by atoms with Gasteiger partial charge in [0, 0.05) is 12.6 Å². The molecule has 0 aliphatic rings. The van der Waals surface area contributed by atoms with Crippen molar-refractivity contribution in [3.05, 3.63) is 52.0 Å². The van der Waals surface area contributed by atoms with Crippen LogP contribution in [0, 0.1) is 5.82 Å². The third-order valence-electron chi connectivity index (χ3n) is 2.58. The molecule has 1 amide bonds. The van der Waals surface area contributed by atoms with Crippen molar-refractivity contribution in [1.29, 1.82) is 0 Å². The molecule has 0 spiro atoms. The van der Waals surface area contributed by atoms with Gasteiger partial charge in [-0.2, -0.15) is 11.3 Å². The number of phenols is 1. The molecule has 0 radical (unpaired) electrons. The van der Waals surface area contributed by atoms with Crippen LogP contribution in [0.1, 0.15) is 22.0 Å². The van der Waals surface area contributed by atoms with Gasteiger partial charge in [0.2, 0.25) is 0 Å². The summed E-state index contributed by atoms with van der Waals surface area (Å²) in [4.78, 5) is 11.7. The average molecular weight is 281 g/mol. The van der Waals surface area contributed by atoms with Crippen LogP contribution in [0.25, 0.3) is 0 Å². The lowest BCUT2D eigenvalue weighted by Gasteiger charge is -2.11. The summed E-state index contributed by atoms with van der Waals surface area (Å²) < 4.78 is 13.4. The first-order valence-electron chi connectivity index (χ1n) is 5.55. The number of halogens is 1. The number of carbonyl (C=O) groups excluding carboxylic acids is 1. The molecule has 4 nitrogen and oxygen atoms in total. The van der Waals surface area contributed by atoms with Crippen LogP contribution in [0.4, 0.5) is 4.39 Å². The number of aliphatic hydroxyl groups excluding tert-OH is 1. The molecule has 1 aromatic carbocycles. The Morgan fingerprint density at radius 3 is 2.84 bits per heavy atom. The lowest BCUT2D eigenvalue weighted by Crippen LogP contribution is -2.28. The summed E-state index contributed by atoms with van der Waals surface area (Å²) in [5.74, 6) is -1.68. The van der Waals surface area contributed by atoms with E-state index in [0.717, 1.165) is 6.07 Å². The maximum absolute atomic E-state index is 13.4. The summed E-state index contributed by atoms with van der Waals surface area (Å²) in [6, 6.07) is 5.04. The number of benzene rings is 1. The Balaban J connectivity index is 1.98. The maximum atomic E-state index is 13.4. The molecule has 0 aliphatic heterocycles. The second-order valence-corrected chi connectivity index (χ2v) is 4.73. The Hall–Kier alpha value is -1.92. The van der Waals surface area contributed by atoms with Crippen molar-refractivity contribution < 1.29 is 19.4 Å². The zero-order valence-electron chi connectivity index (χ0n) is 9.84. The monoisotopic (exact) mass is 281 g/mol. The van der Waals surface area contributed by atoms with Crippen molar-refractivity contribution in [3.8, 4) is 5.75 Å². The smallest absolute Gasteiger partial charge is 0.254 e. The highest BCUT2D eigenvalue weighted by molar-refractivity contribution is 7.07. The van der Waals surface area contributed by atoms with Gasteiger partial charge >= 0.3 is 0 Å². The molecule has 0 saturated heterocycles. The van der Waals surface area contributed by atoms with Crippen LogP contribution in [0.5, 0.6) is 5.75 Å². The number of nitrogens with one attached hydrogen (secondary N) is 1. The van der Waals surface area contributed by atoms with Gasteiger partial charge < -0.3 is 15.5 Å². The average Bonchev–Trinajstić information content (AvgIpc) is 2.89. The number of aromatic hydroxyl groups is 1. The van der Waals surface area contributed by atoms with E-state index in [4.69, 9.17) is 5.11 Å². The highest BCUT2D eigenvalue weighted by atomic mass is 32.1. The largest absolute Gasteiger partial charge is 0.508 e. The topological polar surface area (TPSA) is 69.6 Å². The predicted octanol–water partition coefficient (Wildman–Crippen LogP) is 2.06. The molecule has 1 heterocycles. The fourth-order valence-corrected chi connectivity index (χ4v) is 2.26. The van der Waals surface area contributed by atoms with E-state index in [-0.39, 0.29) is 17.9 Å². The van der Waals surface area contributed by atoms with Crippen molar-refractivity contribution in [2.45, 2.75) is 6.10 Å². The molecule has 0 aliphatic carbocycles. The molecule has 1 unspecified atom stereocenters. The zero-order chi connectivity index (χ0) is 13.8. The number of aliphatic hydroxyl groups is 1. The van der Waals surface area contributed by atoms with Gasteiger partial charge in [0.05, 0.1) is 11.7 Å². The SMILES string of the molecule is O=C(NCC(O)c1ccsc1)c1ccc(O)cc1F. The van der Waals surface area contributed by atoms with Gasteiger partial charge in [-0.3, -0.25) is 4.79 Å². The van der Waals surface area contributed by atoms with Crippen molar-refractivity contribution in [2.24, 2.45) is 0 Å². The first kappa shape index (κ1) is 13.5. The zero-order valence-corrected chi connectivity index (χ0v) is 10.7. The lowest BCUT2D eigenvalue weighted by atomic mass is 10.1. The molecule has 2 rings (SSSR count). The fraction of sp³-hybridized carbons (Fsp3) is 0.154. The first-order valence-corrected chi connectivity index (χ1v) is 6.49. The normalized spacial score (nSPS) is 12.1. The van der Waals surface area contributed by atoms with Crippen molar-refractivity contribution in [3.63, 3.8) is 0 Å². The summed E-state index contributed by atoms with van der Waals surface area (Å²) in [5, 5.41) is 24.9. The minimum Gasteiger partial charge on any atom is -0.508 e. The maximum Gasteiger partial charge on any atom is 0.254 e. The van der Waals surface area contributed by atoms with Crippen molar-refractivity contribution in [2.75, 3.05) is 6.54 Å². The number of thiophene rings is 1. The minimum absolute atomic E-state index is 0.00408. The number of phenolic OH excluding ortho intramolecular Hbond substituents is 1. The van der Waals surface area contributed by atoms with Crippen LogP contribution in [-0.4, -0.2) is 22.7 Å². The molecule has 3 N–H and O–H groups in total. The van der Waals surface area contributed by atoms with E-state index in [1.165, 1.54) is 23.5 Å². The van der Waals surface area contributed by atoms with Gasteiger partial charge in [-0.15, -0.1) is 0 Å². The first-order chi connectivity index (χ1) is 9.08. The Labute approximate surface area is 113 Å². The Morgan fingerprint density at radius 1 is 1.42 bits per heavy atom. The molecule has 0 saturated carbocycles. The number of carbonyl (C=O) groups is 1. The molecule has 0 fully saturated rings. The molecule has 2 aromatic rings. The van der Waals surface area contributed by atoms with Gasteiger partial charge in [-0.1, -0.05) is 0 Å². The van der Waals surface area contributed by atoms with E-state index in [9.17, 15) is 14.3 Å². The lowest BCUT2D eigenvalue weighted by molar-refractivity contribution is 0.0912. The number of amides is 1. The van der Waals surface area contributed by atoms with E-state index < -0.39 is 17.8 Å². The van der Waals surface area contributed by atoms with Gasteiger partial charge in [-0.05, 0) is 34.5 Å². The molecule has 0 bridgehead atoms. The quantitative estimate of drug-likeness (QED) is 0.803. The number of hydrogen-bond donors (Lipinski definition) is 3. The van der Waals surface area contributed by atoms with Crippen molar-refractivity contribution >= 4 is 17.2 Å². The summed E-state index contributed by atoms with van der Waals surface area (Å²) in [5.41, 5.74) is 0.534. The van der Waals surface area contributed by atoms with E-state index in [2.05, 4.69) is 5.32 Å². The summed E-state index contributed by atoms with van der Waals surface area (Å²) >= 11 is 1.44. The third kappa shape index (κ3) is 3.30. The van der Waals surface area contributed by atoms with E-state index in [1.807, 2.05) is 5.38 Å². The highest BCUT2D eigenvalue weighted by Crippen LogP contribution is 2.17. The van der Waals surface area contributed by atoms with Crippen molar-refractivity contribution in [1.82, 2.24) is 5.32 Å². The van der Waals surface area contributed by atoms with Gasteiger partial charge in [-0.25, -0.2) is 4.39 Å². The summed E-state index contributed by atoms with van der Waals surface area (Å²) in [7, 11) is 0.